The molecule has 4 rings (SSSR count). The van der Waals surface area contributed by atoms with Crippen LogP contribution in [0.2, 0.25) is 0 Å². The first-order chi connectivity index (χ1) is 13.0. The van der Waals surface area contributed by atoms with Crippen LogP contribution >= 0.6 is 11.3 Å². The Hall–Kier alpha value is -2.67. The van der Waals surface area contributed by atoms with E-state index in [0.29, 0.717) is 27.1 Å². The third kappa shape index (κ3) is 3.02. The Morgan fingerprint density at radius 1 is 1.19 bits per heavy atom. The third-order valence-electron chi connectivity index (χ3n) is 4.96. The minimum atomic E-state index is -0.437. The van der Waals surface area contributed by atoms with E-state index in [2.05, 4.69) is 10.6 Å². The van der Waals surface area contributed by atoms with Gasteiger partial charge in [0.15, 0.2) is 5.76 Å². The maximum absolute atomic E-state index is 13.5. The summed E-state index contributed by atoms with van der Waals surface area (Å²) in [5.74, 6) is -0.892. The van der Waals surface area contributed by atoms with Gasteiger partial charge in [-0.2, -0.15) is 0 Å². The van der Waals surface area contributed by atoms with Gasteiger partial charge in [0.2, 0.25) is 0 Å². The van der Waals surface area contributed by atoms with Crippen LogP contribution in [-0.2, 0) is 12.8 Å². The minimum Gasteiger partial charge on any atom is -0.451 e. The molecule has 1 aromatic carbocycles. The van der Waals surface area contributed by atoms with Gasteiger partial charge in [0.1, 0.15) is 16.4 Å². The number of rotatable bonds is 3. The second-order valence-electron chi connectivity index (χ2n) is 6.64. The third-order valence-corrected chi connectivity index (χ3v) is 6.16. The summed E-state index contributed by atoms with van der Waals surface area (Å²) in [5, 5.41) is 6.61. The zero-order chi connectivity index (χ0) is 19.1. The van der Waals surface area contributed by atoms with Crippen molar-refractivity contribution < 1.29 is 18.4 Å². The molecule has 0 radical (unpaired) electrons. The number of carbonyl (C=O) groups excluding carboxylic acids is 2. The number of nitrogens with one attached hydrogen (secondary N) is 2. The van der Waals surface area contributed by atoms with Crippen molar-refractivity contribution in [2.45, 2.75) is 32.6 Å². The van der Waals surface area contributed by atoms with E-state index in [0.717, 1.165) is 36.1 Å². The summed E-state index contributed by atoms with van der Waals surface area (Å²) in [7, 11) is 1.58. The molecule has 0 spiro atoms. The van der Waals surface area contributed by atoms with Gasteiger partial charge in [0.25, 0.3) is 11.8 Å². The van der Waals surface area contributed by atoms with Crippen LogP contribution in [0.3, 0.4) is 0 Å². The molecule has 0 unspecified atom stereocenters. The Bertz CT molecular complexity index is 1070. The summed E-state index contributed by atoms with van der Waals surface area (Å²) in [6, 6.07) is 4.16. The minimum absolute atomic E-state index is 0.129. The maximum atomic E-state index is 13.5. The van der Waals surface area contributed by atoms with Gasteiger partial charge in [0, 0.05) is 22.9 Å². The molecule has 1 aliphatic carbocycles. The van der Waals surface area contributed by atoms with Crippen LogP contribution < -0.4 is 10.6 Å². The van der Waals surface area contributed by atoms with Crippen molar-refractivity contribution in [3.8, 4) is 0 Å². The molecule has 0 saturated carbocycles. The molecule has 2 amide bonds. The van der Waals surface area contributed by atoms with Gasteiger partial charge in [-0.15, -0.1) is 11.3 Å². The van der Waals surface area contributed by atoms with Gasteiger partial charge in [-0.05, 0) is 56.4 Å². The molecule has 140 valence electrons. The number of furan rings is 1. The number of hydrogen-bond donors (Lipinski definition) is 2. The Morgan fingerprint density at radius 2 is 1.96 bits per heavy atom. The standard InChI is InChI=1S/C20H19FN2O3S/c1-10-13-9-11(21)7-8-14(13)26-17(10)19(25)23-20-16(18(24)22-2)12-5-3-4-6-15(12)27-20/h7-9H,3-6H2,1-2H3,(H,22,24)(H,23,25). The number of halogens is 1. The lowest BCUT2D eigenvalue weighted by Crippen LogP contribution is -2.22. The van der Waals surface area contributed by atoms with Gasteiger partial charge < -0.3 is 15.1 Å². The largest absolute Gasteiger partial charge is 0.451 e. The van der Waals surface area contributed by atoms with Crippen LogP contribution in [0.25, 0.3) is 11.0 Å². The van der Waals surface area contributed by atoms with Crippen LogP contribution in [0.15, 0.2) is 22.6 Å². The molecule has 0 fully saturated rings. The molecule has 27 heavy (non-hydrogen) atoms. The highest BCUT2D eigenvalue weighted by atomic mass is 32.1. The fourth-order valence-electron chi connectivity index (χ4n) is 3.59. The molecule has 0 atom stereocenters. The van der Waals surface area contributed by atoms with E-state index >= 15 is 0 Å². The Balaban J connectivity index is 1.72. The summed E-state index contributed by atoms with van der Waals surface area (Å²) in [5.41, 5.74) is 2.61. The van der Waals surface area contributed by atoms with Crippen molar-refractivity contribution >= 4 is 39.1 Å². The molecular formula is C20H19FN2O3S. The van der Waals surface area contributed by atoms with E-state index in [-0.39, 0.29) is 17.5 Å². The van der Waals surface area contributed by atoms with Crippen LogP contribution in [0.4, 0.5) is 9.39 Å². The maximum Gasteiger partial charge on any atom is 0.292 e. The SMILES string of the molecule is CNC(=O)c1c(NC(=O)c2oc3ccc(F)cc3c2C)sc2c1CCCC2. The zero-order valence-corrected chi connectivity index (χ0v) is 15.9. The van der Waals surface area contributed by atoms with Crippen molar-refractivity contribution in [3.05, 3.63) is 51.3 Å². The molecule has 7 heteroatoms. The number of aryl methyl sites for hydroxylation is 2. The fraction of sp³-hybridized carbons (Fsp3) is 0.300. The van der Waals surface area contributed by atoms with E-state index in [1.807, 2.05) is 0 Å². The smallest absolute Gasteiger partial charge is 0.292 e. The second kappa shape index (κ2) is 6.81. The van der Waals surface area contributed by atoms with E-state index in [9.17, 15) is 14.0 Å². The Kier molecular flexibility index (Phi) is 4.47. The van der Waals surface area contributed by atoms with Crippen molar-refractivity contribution in [1.29, 1.82) is 0 Å². The summed E-state index contributed by atoms with van der Waals surface area (Å²) in [6.45, 7) is 1.72. The summed E-state index contributed by atoms with van der Waals surface area (Å²) in [6.07, 6.45) is 3.88. The second-order valence-corrected chi connectivity index (χ2v) is 7.75. The number of carbonyl (C=O) groups is 2. The highest BCUT2D eigenvalue weighted by Crippen LogP contribution is 2.38. The van der Waals surface area contributed by atoms with Gasteiger partial charge in [-0.3, -0.25) is 9.59 Å². The lowest BCUT2D eigenvalue weighted by atomic mass is 9.95. The Morgan fingerprint density at radius 3 is 2.74 bits per heavy atom. The van der Waals surface area contributed by atoms with Crippen LogP contribution in [0, 0.1) is 12.7 Å². The number of fused-ring (bicyclic) bond motifs is 2. The van der Waals surface area contributed by atoms with E-state index in [1.165, 1.54) is 29.5 Å². The zero-order valence-electron chi connectivity index (χ0n) is 15.1. The highest BCUT2D eigenvalue weighted by Gasteiger charge is 2.27. The fourth-order valence-corrected chi connectivity index (χ4v) is 4.87. The van der Waals surface area contributed by atoms with Crippen molar-refractivity contribution in [1.82, 2.24) is 5.32 Å². The number of anilines is 1. The molecule has 0 aliphatic heterocycles. The molecular weight excluding hydrogens is 367 g/mol. The van der Waals surface area contributed by atoms with Gasteiger partial charge in [0.05, 0.1) is 5.56 Å². The van der Waals surface area contributed by atoms with E-state index in [1.54, 1.807) is 14.0 Å². The molecule has 2 aromatic heterocycles. The molecule has 2 N–H and O–H groups in total. The first kappa shape index (κ1) is 17.7. The van der Waals surface area contributed by atoms with E-state index in [4.69, 9.17) is 4.42 Å². The van der Waals surface area contributed by atoms with Gasteiger partial charge >= 0.3 is 0 Å². The predicted molar refractivity (Wildman–Crippen MR) is 103 cm³/mol. The molecule has 0 bridgehead atoms. The average Bonchev–Trinajstić information content (AvgIpc) is 3.18. The summed E-state index contributed by atoms with van der Waals surface area (Å²) in [4.78, 5) is 26.4. The summed E-state index contributed by atoms with van der Waals surface area (Å²) < 4.78 is 19.1. The monoisotopic (exact) mass is 386 g/mol. The van der Waals surface area contributed by atoms with Gasteiger partial charge in [-0.25, -0.2) is 4.39 Å². The number of hydrogen-bond acceptors (Lipinski definition) is 4. The molecule has 0 saturated heterocycles. The topological polar surface area (TPSA) is 71.3 Å². The lowest BCUT2D eigenvalue weighted by Gasteiger charge is -2.12. The number of thiophene rings is 1. The molecule has 1 aliphatic rings. The van der Waals surface area contributed by atoms with Crippen molar-refractivity contribution in [2.75, 3.05) is 12.4 Å². The predicted octanol–water partition coefficient (Wildman–Crippen LogP) is 4.43. The van der Waals surface area contributed by atoms with Crippen molar-refractivity contribution in [2.24, 2.45) is 0 Å². The highest BCUT2D eigenvalue weighted by molar-refractivity contribution is 7.17. The average molecular weight is 386 g/mol. The molecule has 2 heterocycles. The van der Waals surface area contributed by atoms with Crippen LogP contribution in [0.1, 0.15) is 49.8 Å². The van der Waals surface area contributed by atoms with Crippen LogP contribution in [-0.4, -0.2) is 18.9 Å². The molecule has 5 nitrogen and oxygen atoms in total. The number of amides is 2. The van der Waals surface area contributed by atoms with Gasteiger partial charge in [-0.1, -0.05) is 0 Å². The number of benzene rings is 1. The van der Waals surface area contributed by atoms with E-state index < -0.39 is 5.91 Å². The van der Waals surface area contributed by atoms with Crippen LogP contribution in [0.5, 0.6) is 0 Å². The normalized spacial score (nSPS) is 13.4. The first-order valence-corrected chi connectivity index (χ1v) is 9.68. The molecule has 3 aromatic rings. The Labute approximate surface area is 159 Å². The quantitative estimate of drug-likeness (QED) is 0.699. The van der Waals surface area contributed by atoms with Crippen molar-refractivity contribution in [3.63, 3.8) is 0 Å². The lowest BCUT2D eigenvalue weighted by molar-refractivity contribution is 0.0963. The first-order valence-electron chi connectivity index (χ1n) is 8.86. The summed E-state index contributed by atoms with van der Waals surface area (Å²) >= 11 is 1.45.